The van der Waals surface area contributed by atoms with Crippen LogP contribution in [-0.4, -0.2) is 21.3 Å². The third kappa shape index (κ3) is 4.08. The van der Waals surface area contributed by atoms with Gasteiger partial charge in [-0.2, -0.15) is 0 Å². The number of para-hydroxylation sites is 1. The molecule has 6 heteroatoms. The fraction of sp³-hybridized carbons (Fsp3) is 0.211. The Kier molecular flexibility index (Phi) is 5.51. The summed E-state index contributed by atoms with van der Waals surface area (Å²) in [5, 5.41) is 4.54. The Morgan fingerprint density at radius 1 is 1.12 bits per heavy atom. The average molecular weight is 387 g/mol. The van der Waals surface area contributed by atoms with Crippen LogP contribution in [0.1, 0.15) is 27.0 Å². The van der Waals surface area contributed by atoms with E-state index in [0.717, 1.165) is 26.7 Å². The molecular formula is C19H18N2OS3. The van der Waals surface area contributed by atoms with Crippen LogP contribution >= 0.6 is 35.3 Å². The van der Waals surface area contributed by atoms with Gasteiger partial charge in [-0.1, -0.05) is 47.4 Å². The summed E-state index contributed by atoms with van der Waals surface area (Å²) in [4.78, 5) is 12.6. The van der Waals surface area contributed by atoms with Crippen LogP contribution in [0.3, 0.4) is 0 Å². The fourth-order valence-electron chi connectivity index (χ4n) is 2.52. The van der Waals surface area contributed by atoms with Crippen LogP contribution in [0.4, 0.5) is 0 Å². The van der Waals surface area contributed by atoms with E-state index in [0.29, 0.717) is 9.71 Å². The predicted molar refractivity (Wildman–Crippen MR) is 108 cm³/mol. The molecular weight excluding hydrogens is 368 g/mol. The summed E-state index contributed by atoms with van der Waals surface area (Å²) in [5.74, 6) is 0.485. The molecule has 0 aliphatic carbocycles. The van der Waals surface area contributed by atoms with Crippen LogP contribution < -0.4 is 0 Å². The van der Waals surface area contributed by atoms with Crippen molar-refractivity contribution in [3.05, 3.63) is 68.7 Å². The number of benzene rings is 2. The number of aryl methyl sites for hydroxylation is 3. The van der Waals surface area contributed by atoms with E-state index in [-0.39, 0.29) is 5.78 Å². The third-order valence-electron chi connectivity index (χ3n) is 4.00. The van der Waals surface area contributed by atoms with Crippen molar-refractivity contribution in [1.82, 2.24) is 9.78 Å². The number of Topliss-reactive ketones (excluding diaryl/α,β-unsaturated/α-hetero) is 1. The quantitative estimate of drug-likeness (QED) is 0.326. The maximum atomic E-state index is 12.6. The van der Waals surface area contributed by atoms with Gasteiger partial charge in [0.25, 0.3) is 0 Å². The smallest absolute Gasteiger partial charge is 0.184 e. The van der Waals surface area contributed by atoms with Gasteiger partial charge in [-0.3, -0.25) is 4.79 Å². The molecule has 0 N–H and O–H groups in total. The summed E-state index contributed by atoms with van der Waals surface area (Å²) < 4.78 is 3.24. The van der Waals surface area contributed by atoms with Gasteiger partial charge in [-0.15, -0.1) is 5.10 Å². The monoisotopic (exact) mass is 386 g/mol. The van der Waals surface area contributed by atoms with Gasteiger partial charge in [0.15, 0.2) is 14.1 Å². The summed E-state index contributed by atoms with van der Waals surface area (Å²) in [6.45, 7) is 6.08. The second-order valence-corrected chi connectivity index (χ2v) is 8.69. The van der Waals surface area contributed by atoms with Gasteiger partial charge in [0.1, 0.15) is 0 Å². The lowest BCUT2D eigenvalue weighted by Gasteiger charge is -2.08. The van der Waals surface area contributed by atoms with Gasteiger partial charge in [-0.05, 0) is 67.9 Å². The molecule has 0 saturated heterocycles. The van der Waals surface area contributed by atoms with E-state index in [1.54, 1.807) is 4.68 Å². The standard InChI is InChI=1S/C19H18N2OS3/c1-12-9-14(3)16(10-13(12)2)17(22)11-24-18-20-21(19(23)25-18)15-7-5-4-6-8-15/h4-10H,11H2,1-3H3. The highest BCUT2D eigenvalue weighted by molar-refractivity contribution is 8.01. The molecule has 0 aliphatic heterocycles. The van der Waals surface area contributed by atoms with Gasteiger partial charge < -0.3 is 0 Å². The van der Waals surface area contributed by atoms with E-state index in [2.05, 4.69) is 18.1 Å². The number of carbonyl (C=O) groups is 1. The molecule has 3 aromatic rings. The number of hydrogen-bond acceptors (Lipinski definition) is 5. The number of hydrogen-bond donors (Lipinski definition) is 0. The Bertz CT molecular complexity index is 974. The molecule has 0 aliphatic rings. The molecule has 0 amide bonds. The molecule has 25 heavy (non-hydrogen) atoms. The Balaban J connectivity index is 1.75. The van der Waals surface area contributed by atoms with E-state index in [1.807, 2.05) is 50.2 Å². The first-order chi connectivity index (χ1) is 12.0. The second-order valence-electron chi connectivity index (χ2n) is 5.84. The Morgan fingerprint density at radius 2 is 1.80 bits per heavy atom. The Labute approximate surface area is 160 Å². The normalized spacial score (nSPS) is 10.8. The van der Waals surface area contributed by atoms with E-state index in [1.165, 1.54) is 28.7 Å². The van der Waals surface area contributed by atoms with Crippen molar-refractivity contribution in [2.45, 2.75) is 25.1 Å². The molecule has 128 valence electrons. The first kappa shape index (κ1) is 18.0. The molecule has 0 spiro atoms. The molecule has 1 aromatic heterocycles. The Hall–Kier alpha value is -1.76. The minimum absolute atomic E-state index is 0.123. The maximum Gasteiger partial charge on any atom is 0.184 e. The van der Waals surface area contributed by atoms with Crippen LogP contribution in [0.2, 0.25) is 0 Å². The fourth-order valence-corrected chi connectivity index (χ4v) is 4.76. The summed E-state index contributed by atoms with van der Waals surface area (Å²) in [6, 6.07) is 13.9. The van der Waals surface area contributed by atoms with Gasteiger partial charge in [-0.25, -0.2) is 4.68 Å². The van der Waals surface area contributed by atoms with Gasteiger partial charge in [0.2, 0.25) is 0 Å². The van der Waals surface area contributed by atoms with Crippen LogP contribution in [-0.2, 0) is 0 Å². The van der Waals surface area contributed by atoms with Gasteiger partial charge in [0.05, 0.1) is 11.4 Å². The highest BCUT2D eigenvalue weighted by Crippen LogP contribution is 2.26. The van der Waals surface area contributed by atoms with Crippen LogP contribution in [0.25, 0.3) is 5.69 Å². The van der Waals surface area contributed by atoms with Crippen molar-refractivity contribution in [3.63, 3.8) is 0 Å². The van der Waals surface area contributed by atoms with Crippen molar-refractivity contribution in [3.8, 4) is 5.69 Å². The number of rotatable bonds is 5. The minimum Gasteiger partial charge on any atom is -0.293 e. The van der Waals surface area contributed by atoms with Crippen LogP contribution in [0.15, 0.2) is 46.8 Å². The predicted octanol–water partition coefficient (Wildman–Crippen LogP) is 5.56. The molecule has 3 rings (SSSR count). The van der Waals surface area contributed by atoms with Crippen molar-refractivity contribution in [1.29, 1.82) is 0 Å². The first-order valence-electron chi connectivity index (χ1n) is 7.85. The number of nitrogens with zero attached hydrogens (tertiary/aromatic N) is 2. The zero-order chi connectivity index (χ0) is 18.0. The zero-order valence-corrected chi connectivity index (χ0v) is 16.7. The summed E-state index contributed by atoms with van der Waals surface area (Å²) >= 11 is 8.28. The highest BCUT2D eigenvalue weighted by atomic mass is 32.2. The first-order valence-corrected chi connectivity index (χ1v) is 10.1. The van der Waals surface area contributed by atoms with Crippen LogP contribution in [0, 0.1) is 24.7 Å². The topological polar surface area (TPSA) is 34.9 Å². The largest absolute Gasteiger partial charge is 0.293 e. The van der Waals surface area contributed by atoms with E-state index >= 15 is 0 Å². The summed E-state index contributed by atoms with van der Waals surface area (Å²) in [5.41, 5.74) is 5.11. The molecule has 3 nitrogen and oxygen atoms in total. The summed E-state index contributed by atoms with van der Waals surface area (Å²) in [7, 11) is 0. The molecule has 0 saturated carbocycles. The van der Waals surface area contributed by atoms with Crippen LogP contribution in [0.5, 0.6) is 0 Å². The third-order valence-corrected chi connectivity index (χ3v) is 6.36. The number of ketones is 1. The Morgan fingerprint density at radius 3 is 2.52 bits per heavy atom. The lowest BCUT2D eigenvalue weighted by Crippen LogP contribution is -2.06. The number of carbonyl (C=O) groups excluding carboxylic acids is 1. The maximum absolute atomic E-state index is 12.6. The molecule has 0 fully saturated rings. The molecule has 0 atom stereocenters. The SMILES string of the molecule is Cc1cc(C)c(C(=O)CSc2nn(-c3ccccc3)c(=S)s2)cc1C. The molecule has 0 radical (unpaired) electrons. The van der Waals surface area contributed by atoms with Gasteiger partial charge >= 0.3 is 0 Å². The van der Waals surface area contributed by atoms with E-state index < -0.39 is 0 Å². The second kappa shape index (κ2) is 7.64. The summed E-state index contributed by atoms with van der Waals surface area (Å²) in [6.07, 6.45) is 0. The molecule has 2 aromatic carbocycles. The minimum atomic E-state index is 0.123. The zero-order valence-electron chi connectivity index (χ0n) is 14.3. The van der Waals surface area contributed by atoms with Crippen molar-refractivity contribution in [2.24, 2.45) is 0 Å². The molecule has 0 bridgehead atoms. The molecule has 1 heterocycles. The lowest BCUT2D eigenvalue weighted by molar-refractivity contribution is 0.102. The van der Waals surface area contributed by atoms with Crippen molar-refractivity contribution < 1.29 is 4.79 Å². The van der Waals surface area contributed by atoms with E-state index in [4.69, 9.17) is 12.2 Å². The van der Waals surface area contributed by atoms with E-state index in [9.17, 15) is 4.79 Å². The van der Waals surface area contributed by atoms with Crippen molar-refractivity contribution in [2.75, 3.05) is 5.75 Å². The average Bonchev–Trinajstić information content (AvgIpc) is 2.97. The lowest BCUT2D eigenvalue weighted by atomic mass is 9.99. The van der Waals surface area contributed by atoms with Gasteiger partial charge in [0, 0.05) is 5.56 Å². The molecule has 0 unspecified atom stereocenters. The highest BCUT2D eigenvalue weighted by Gasteiger charge is 2.13. The number of thioether (sulfide) groups is 1. The number of aromatic nitrogens is 2. The van der Waals surface area contributed by atoms with Crippen molar-refractivity contribution >= 4 is 41.1 Å².